The van der Waals surface area contributed by atoms with Crippen LogP contribution in [0.5, 0.6) is 0 Å². The van der Waals surface area contributed by atoms with Crippen LogP contribution in [0.2, 0.25) is 0 Å². The van der Waals surface area contributed by atoms with Crippen LogP contribution in [0.1, 0.15) is 13.3 Å². The Hall–Kier alpha value is -0.170. The molecule has 0 aromatic rings. The van der Waals surface area contributed by atoms with Crippen LogP contribution in [-0.4, -0.2) is 31.9 Å². The Morgan fingerprint density at radius 2 is 2.00 bits per heavy atom. The van der Waals surface area contributed by atoms with E-state index >= 15 is 0 Å². The van der Waals surface area contributed by atoms with Crippen LogP contribution in [-0.2, 0) is 10.2 Å². The highest BCUT2D eigenvalue weighted by Gasteiger charge is 2.28. The molecule has 0 aliphatic carbocycles. The summed E-state index contributed by atoms with van der Waals surface area (Å²) in [6.45, 7) is 2.81. The summed E-state index contributed by atoms with van der Waals surface area (Å²) in [4.78, 5) is 0. The van der Waals surface area contributed by atoms with Crippen molar-refractivity contribution >= 4 is 10.2 Å². The summed E-state index contributed by atoms with van der Waals surface area (Å²) in [5.41, 5.74) is 5.65. The summed E-state index contributed by atoms with van der Waals surface area (Å²) >= 11 is 0. The van der Waals surface area contributed by atoms with Gasteiger partial charge in [0.25, 0.3) is 10.2 Å². The van der Waals surface area contributed by atoms with Crippen molar-refractivity contribution in [2.75, 3.05) is 13.1 Å². The van der Waals surface area contributed by atoms with E-state index in [4.69, 9.17) is 10.9 Å². The van der Waals surface area contributed by atoms with Gasteiger partial charge >= 0.3 is 0 Å². The van der Waals surface area contributed by atoms with Gasteiger partial charge in [-0.1, -0.05) is 6.92 Å². The maximum atomic E-state index is 10.9. The molecule has 0 aromatic carbocycles. The molecule has 2 atom stereocenters. The van der Waals surface area contributed by atoms with Crippen LogP contribution in [0, 0.1) is 5.92 Å². The van der Waals surface area contributed by atoms with Gasteiger partial charge in [0, 0.05) is 19.1 Å². The zero-order valence-electron chi connectivity index (χ0n) is 7.10. The van der Waals surface area contributed by atoms with Gasteiger partial charge in [0.2, 0.25) is 0 Å². The SMILES string of the molecule is CC1CC(N)CN(S(N)(=O)=O)C1. The second kappa shape index (κ2) is 3.29. The van der Waals surface area contributed by atoms with E-state index in [1.807, 2.05) is 6.92 Å². The van der Waals surface area contributed by atoms with Gasteiger partial charge in [-0.3, -0.25) is 0 Å². The van der Waals surface area contributed by atoms with Gasteiger partial charge in [0.1, 0.15) is 0 Å². The molecule has 4 N–H and O–H groups in total. The molecular formula is C6H15N3O2S. The molecular weight excluding hydrogens is 178 g/mol. The van der Waals surface area contributed by atoms with E-state index in [0.29, 0.717) is 19.0 Å². The van der Waals surface area contributed by atoms with Gasteiger partial charge in [-0.05, 0) is 12.3 Å². The van der Waals surface area contributed by atoms with Gasteiger partial charge in [-0.15, -0.1) is 0 Å². The van der Waals surface area contributed by atoms with Crippen molar-refractivity contribution in [3.05, 3.63) is 0 Å². The topological polar surface area (TPSA) is 89.4 Å². The number of rotatable bonds is 1. The van der Waals surface area contributed by atoms with Gasteiger partial charge in [0.05, 0.1) is 0 Å². The van der Waals surface area contributed by atoms with Gasteiger partial charge in [-0.25, -0.2) is 5.14 Å². The molecule has 1 rings (SSSR count). The van der Waals surface area contributed by atoms with E-state index in [0.717, 1.165) is 6.42 Å². The zero-order valence-corrected chi connectivity index (χ0v) is 7.92. The molecule has 72 valence electrons. The normalized spacial score (nSPS) is 33.6. The fourth-order valence-electron chi connectivity index (χ4n) is 1.56. The Labute approximate surface area is 72.9 Å². The minimum atomic E-state index is -3.54. The molecule has 2 unspecified atom stereocenters. The van der Waals surface area contributed by atoms with Crippen LogP contribution < -0.4 is 10.9 Å². The van der Waals surface area contributed by atoms with E-state index in [2.05, 4.69) is 0 Å². The molecule has 0 spiro atoms. The third-order valence-corrected chi connectivity index (χ3v) is 3.04. The monoisotopic (exact) mass is 193 g/mol. The zero-order chi connectivity index (χ0) is 9.35. The third-order valence-electron chi connectivity index (χ3n) is 2.02. The average Bonchev–Trinajstić information content (AvgIpc) is 1.82. The fraction of sp³-hybridized carbons (Fsp3) is 1.00. The summed E-state index contributed by atoms with van der Waals surface area (Å²) in [6, 6.07) is -0.0768. The number of nitrogens with zero attached hydrogens (tertiary/aromatic N) is 1. The Balaban J connectivity index is 2.68. The smallest absolute Gasteiger partial charge is 0.276 e. The lowest BCUT2D eigenvalue weighted by Crippen LogP contribution is -2.50. The van der Waals surface area contributed by atoms with Gasteiger partial charge < -0.3 is 5.73 Å². The number of nitrogens with two attached hydrogens (primary N) is 2. The molecule has 0 radical (unpaired) electrons. The summed E-state index contributed by atoms with van der Waals surface area (Å²) in [7, 11) is -3.54. The molecule has 0 aromatic heterocycles. The van der Waals surface area contributed by atoms with E-state index < -0.39 is 10.2 Å². The number of hydrogen-bond donors (Lipinski definition) is 2. The molecule has 6 heteroatoms. The van der Waals surface area contributed by atoms with Crippen molar-refractivity contribution in [3.63, 3.8) is 0 Å². The first-order chi connectivity index (χ1) is 5.39. The second-order valence-electron chi connectivity index (χ2n) is 3.46. The van der Waals surface area contributed by atoms with Crippen LogP contribution in [0.3, 0.4) is 0 Å². The molecule has 1 heterocycles. The molecule has 1 aliphatic rings. The first kappa shape index (κ1) is 9.91. The van der Waals surface area contributed by atoms with Crippen molar-refractivity contribution in [3.8, 4) is 0 Å². The quantitative estimate of drug-likeness (QED) is 0.551. The molecule has 5 nitrogen and oxygen atoms in total. The molecule has 0 saturated carbocycles. The van der Waals surface area contributed by atoms with Crippen molar-refractivity contribution < 1.29 is 8.42 Å². The van der Waals surface area contributed by atoms with E-state index in [9.17, 15) is 8.42 Å². The molecule has 0 amide bonds. The molecule has 1 fully saturated rings. The molecule has 1 aliphatic heterocycles. The maximum absolute atomic E-state index is 10.9. The second-order valence-corrected chi connectivity index (χ2v) is 5.01. The van der Waals surface area contributed by atoms with E-state index in [1.165, 1.54) is 4.31 Å². The Kier molecular flexibility index (Phi) is 2.72. The fourth-order valence-corrected chi connectivity index (χ4v) is 2.42. The van der Waals surface area contributed by atoms with Crippen molar-refractivity contribution in [1.29, 1.82) is 0 Å². The first-order valence-corrected chi connectivity index (χ1v) is 5.43. The summed E-state index contributed by atoms with van der Waals surface area (Å²) in [5, 5.41) is 4.98. The number of hydrogen-bond acceptors (Lipinski definition) is 3. The van der Waals surface area contributed by atoms with E-state index in [1.54, 1.807) is 0 Å². The predicted octanol–water partition coefficient (Wildman–Crippen LogP) is -1.14. The van der Waals surface area contributed by atoms with Gasteiger partial charge in [-0.2, -0.15) is 12.7 Å². The summed E-state index contributed by atoms with van der Waals surface area (Å²) in [5.74, 6) is 0.298. The molecule has 0 bridgehead atoms. The predicted molar refractivity (Wildman–Crippen MR) is 46.4 cm³/mol. The van der Waals surface area contributed by atoms with Crippen LogP contribution in [0.15, 0.2) is 0 Å². The van der Waals surface area contributed by atoms with Crippen LogP contribution in [0.4, 0.5) is 0 Å². The Morgan fingerprint density at radius 3 is 2.42 bits per heavy atom. The number of piperidine rings is 1. The largest absolute Gasteiger partial charge is 0.326 e. The molecule has 12 heavy (non-hydrogen) atoms. The lowest BCUT2D eigenvalue weighted by atomic mass is 9.99. The first-order valence-electron chi connectivity index (χ1n) is 3.93. The maximum Gasteiger partial charge on any atom is 0.276 e. The average molecular weight is 193 g/mol. The highest BCUT2D eigenvalue weighted by Crippen LogP contribution is 2.15. The lowest BCUT2D eigenvalue weighted by Gasteiger charge is -2.32. The lowest BCUT2D eigenvalue weighted by molar-refractivity contribution is 0.254. The van der Waals surface area contributed by atoms with Crippen molar-refractivity contribution in [2.45, 2.75) is 19.4 Å². The van der Waals surface area contributed by atoms with Crippen LogP contribution >= 0.6 is 0 Å². The summed E-state index contributed by atoms with van der Waals surface area (Å²) < 4.78 is 23.1. The Morgan fingerprint density at radius 1 is 1.42 bits per heavy atom. The van der Waals surface area contributed by atoms with Gasteiger partial charge in [0.15, 0.2) is 0 Å². The highest BCUT2D eigenvalue weighted by atomic mass is 32.2. The minimum Gasteiger partial charge on any atom is -0.326 e. The Bertz CT molecular complexity index is 242. The third kappa shape index (κ3) is 2.41. The minimum absolute atomic E-state index is 0.0768. The standard InChI is InChI=1S/C6H15N3O2S/c1-5-2-6(7)4-9(3-5)12(8,10)11/h5-6H,2-4,7H2,1H3,(H2,8,10,11). The van der Waals surface area contributed by atoms with E-state index in [-0.39, 0.29) is 6.04 Å². The van der Waals surface area contributed by atoms with Crippen molar-refractivity contribution in [2.24, 2.45) is 16.8 Å². The molecule has 1 saturated heterocycles. The van der Waals surface area contributed by atoms with Crippen molar-refractivity contribution in [1.82, 2.24) is 4.31 Å². The highest BCUT2D eigenvalue weighted by molar-refractivity contribution is 7.86. The van der Waals surface area contributed by atoms with Crippen LogP contribution in [0.25, 0.3) is 0 Å². The summed E-state index contributed by atoms with van der Waals surface area (Å²) in [6.07, 6.45) is 0.867.